The van der Waals surface area contributed by atoms with Crippen LogP contribution >= 0.6 is 11.3 Å². The highest BCUT2D eigenvalue weighted by atomic mass is 32.1. The minimum atomic E-state index is -4.56. The molecule has 0 fully saturated rings. The van der Waals surface area contributed by atoms with E-state index in [1.165, 1.54) is 35.2 Å². The SMILES string of the molecule is Cc1ccc(C(=O)N(c2cc(-c3cccc(C(F)(F)F)c3)sc2C(=O)O)C(C)C)c(N=O)c1. The van der Waals surface area contributed by atoms with Crippen molar-refractivity contribution >= 4 is 34.6 Å². The summed E-state index contributed by atoms with van der Waals surface area (Å²) < 4.78 is 39.4. The molecule has 1 aromatic heterocycles. The molecule has 1 N–H and O–H groups in total. The molecule has 33 heavy (non-hydrogen) atoms. The number of thiophene rings is 1. The molecule has 0 aliphatic carbocycles. The molecule has 3 aromatic rings. The lowest BCUT2D eigenvalue weighted by atomic mass is 10.1. The van der Waals surface area contributed by atoms with Gasteiger partial charge in [-0.25, -0.2) is 4.79 Å². The van der Waals surface area contributed by atoms with Gasteiger partial charge in [0.2, 0.25) is 0 Å². The fraction of sp³-hybridized carbons (Fsp3) is 0.217. The lowest BCUT2D eigenvalue weighted by Crippen LogP contribution is -2.37. The van der Waals surface area contributed by atoms with E-state index in [1.54, 1.807) is 26.8 Å². The van der Waals surface area contributed by atoms with Crippen LogP contribution in [0.15, 0.2) is 53.7 Å². The number of rotatable bonds is 6. The molecule has 6 nitrogen and oxygen atoms in total. The molecule has 0 aliphatic rings. The predicted octanol–water partition coefficient (Wildman–Crippen LogP) is 6.89. The number of nitrogens with zero attached hydrogens (tertiary/aromatic N) is 2. The summed E-state index contributed by atoms with van der Waals surface area (Å²) >= 11 is 0.765. The lowest BCUT2D eigenvalue weighted by molar-refractivity contribution is -0.137. The summed E-state index contributed by atoms with van der Waals surface area (Å²) in [6, 6.07) is 9.87. The van der Waals surface area contributed by atoms with Gasteiger partial charge in [0.1, 0.15) is 10.6 Å². The molecule has 0 radical (unpaired) electrons. The molecule has 10 heteroatoms. The number of carbonyl (C=O) groups excluding carboxylic acids is 1. The third-order valence-electron chi connectivity index (χ3n) is 4.86. The van der Waals surface area contributed by atoms with Gasteiger partial charge in [0.05, 0.1) is 16.8 Å². The highest BCUT2D eigenvalue weighted by molar-refractivity contribution is 7.18. The summed E-state index contributed by atoms with van der Waals surface area (Å²) in [6.07, 6.45) is -4.56. The minimum Gasteiger partial charge on any atom is -0.477 e. The summed E-state index contributed by atoms with van der Waals surface area (Å²) in [5, 5.41) is 12.7. The monoisotopic (exact) mass is 476 g/mol. The number of aryl methyl sites for hydroxylation is 1. The van der Waals surface area contributed by atoms with Gasteiger partial charge in [-0.3, -0.25) is 4.79 Å². The third-order valence-corrected chi connectivity index (χ3v) is 6.02. The molecule has 0 saturated carbocycles. The summed E-state index contributed by atoms with van der Waals surface area (Å²) in [5.74, 6) is -1.97. The van der Waals surface area contributed by atoms with Gasteiger partial charge in [-0.1, -0.05) is 18.2 Å². The standard InChI is InChI=1S/C23H19F3N2O4S/c1-12(2)28(21(29)16-8-7-13(3)9-17(16)27-32)18-11-19(33-20(18)22(30)31)14-5-4-6-15(10-14)23(24,25)26/h4-12H,1-3H3,(H,30,31). The van der Waals surface area contributed by atoms with E-state index in [0.717, 1.165) is 23.5 Å². The quantitative estimate of drug-likeness (QED) is 0.392. The second-order valence-corrected chi connectivity index (χ2v) is 8.64. The molecule has 1 heterocycles. The Kier molecular flexibility index (Phi) is 6.68. The van der Waals surface area contributed by atoms with E-state index in [9.17, 15) is 32.8 Å². The van der Waals surface area contributed by atoms with Crippen LogP contribution in [-0.4, -0.2) is 23.0 Å². The second kappa shape index (κ2) is 9.14. The number of amides is 1. The Bertz CT molecular complexity index is 1230. The molecule has 0 bridgehead atoms. The molecule has 0 atom stereocenters. The van der Waals surface area contributed by atoms with Gasteiger partial charge in [-0.15, -0.1) is 16.2 Å². The van der Waals surface area contributed by atoms with Crippen LogP contribution in [-0.2, 0) is 6.18 Å². The molecule has 2 aromatic carbocycles. The maximum absolute atomic E-state index is 13.4. The van der Waals surface area contributed by atoms with Gasteiger partial charge in [0, 0.05) is 10.9 Å². The Morgan fingerprint density at radius 2 is 1.79 bits per heavy atom. The van der Waals surface area contributed by atoms with Crippen LogP contribution in [0.25, 0.3) is 10.4 Å². The van der Waals surface area contributed by atoms with Crippen LogP contribution in [0.2, 0.25) is 0 Å². The third kappa shape index (κ3) is 4.95. The molecule has 172 valence electrons. The number of nitroso groups, excluding NO2 is 1. The van der Waals surface area contributed by atoms with Crippen molar-refractivity contribution in [2.75, 3.05) is 4.90 Å². The van der Waals surface area contributed by atoms with E-state index in [0.29, 0.717) is 5.56 Å². The second-order valence-electron chi connectivity index (χ2n) is 7.59. The van der Waals surface area contributed by atoms with E-state index >= 15 is 0 Å². The Hall–Kier alpha value is -3.53. The minimum absolute atomic E-state index is 0.00698. The van der Waals surface area contributed by atoms with E-state index in [4.69, 9.17) is 0 Å². The molecular formula is C23H19F3N2O4S. The molecule has 3 rings (SSSR count). The van der Waals surface area contributed by atoms with Crippen LogP contribution < -0.4 is 4.90 Å². The average Bonchev–Trinajstić information content (AvgIpc) is 3.18. The molecule has 1 amide bonds. The van der Waals surface area contributed by atoms with Gasteiger partial charge in [-0.05, 0) is 67.4 Å². The number of carboxylic acids is 1. The zero-order valence-electron chi connectivity index (χ0n) is 17.8. The van der Waals surface area contributed by atoms with E-state index < -0.39 is 29.7 Å². The number of carbonyl (C=O) groups is 2. The van der Waals surface area contributed by atoms with Crippen molar-refractivity contribution in [3.05, 3.63) is 75.0 Å². The number of halogens is 3. The summed E-state index contributed by atoms with van der Waals surface area (Å²) in [6.45, 7) is 5.05. The van der Waals surface area contributed by atoms with E-state index in [1.807, 2.05) is 0 Å². The van der Waals surface area contributed by atoms with Gasteiger partial charge in [0.15, 0.2) is 0 Å². The number of hydrogen-bond acceptors (Lipinski definition) is 5. The van der Waals surface area contributed by atoms with Crippen molar-refractivity contribution < 1.29 is 27.9 Å². The highest BCUT2D eigenvalue weighted by Gasteiger charge is 2.32. The molecule has 0 aliphatic heterocycles. The number of benzene rings is 2. The fourth-order valence-electron chi connectivity index (χ4n) is 3.35. The van der Waals surface area contributed by atoms with Crippen LogP contribution in [0.4, 0.5) is 24.5 Å². The first kappa shape index (κ1) is 24.1. The zero-order chi connectivity index (χ0) is 24.5. The van der Waals surface area contributed by atoms with Crippen molar-refractivity contribution in [1.82, 2.24) is 0 Å². The summed E-state index contributed by atoms with van der Waals surface area (Å²) in [4.78, 5) is 37.9. The summed E-state index contributed by atoms with van der Waals surface area (Å²) in [5.41, 5.74) is -0.0539. The number of alkyl halides is 3. The highest BCUT2D eigenvalue weighted by Crippen LogP contribution is 2.40. The van der Waals surface area contributed by atoms with Gasteiger partial charge >= 0.3 is 12.1 Å². The van der Waals surface area contributed by atoms with E-state index in [2.05, 4.69) is 5.18 Å². The van der Waals surface area contributed by atoms with Crippen LogP contribution in [0.1, 0.15) is 45.0 Å². The van der Waals surface area contributed by atoms with Gasteiger partial charge < -0.3 is 10.0 Å². The van der Waals surface area contributed by atoms with Crippen molar-refractivity contribution in [2.24, 2.45) is 5.18 Å². The first-order valence-electron chi connectivity index (χ1n) is 9.76. The van der Waals surface area contributed by atoms with Crippen molar-refractivity contribution in [3.63, 3.8) is 0 Å². The molecule has 0 saturated heterocycles. The van der Waals surface area contributed by atoms with Crippen molar-refractivity contribution in [2.45, 2.75) is 33.0 Å². The number of aromatic carboxylic acids is 1. The van der Waals surface area contributed by atoms with E-state index in [-0.39, 0.29) is 32.3 Å². The zero-order valence-corrected chi connectivity index (χ0v) is 18.6. The molecular weight excluding hydrogens is 457 g/mol. The molecule has 0 unspecified atom stereocenters. The van der Waals surface area contributed by atoms with Gasteiger partial charge in [0.25, 0.3) is 5.91 Å². The van der Waals surface area contributed by atoms with Crippen LogP contribution in [0.5, 0.6) is 0 Å². The maximum atomic E-state index is 13.4. The lowest BCUT2D eigenvalue weighted by Gasteiger charge is -2.27. The average molecular weight is 476 g/mol. The number of anilines is 1. The van der Waals surface area contributed by atoms with Crippen LogP contribution in [0.3, 0.4) is 0 Å². The number of carboxylic acid groups (broad SMARTS) is 1. The predicted molar refractivity (Wildman–Crippen MR) is 120 cm³/mol. The van der Waals surface area contributed by atoms with Crippen molar-refractivity contribution in [3.8, 4) is 10.4 Å². The molecule has 0 spiro atoms. The Labute approximate surface area is 191 Å². The van der Waals surface area contributed by atoms with Gasteiger partial charge in [-0.2, -0.15) is 13.2 Å². The fourth-order valence-corrected chi connectivity index (χ4v) is 4.34. The Morgan fingerprint density at radius 3 is 2.36 bits per heavy atom. The number of hydrogen-bond donors (Lipinski definition) is 1. The largest absolute Gasteiger partial charge is 0.477 e. The summed E-state index contributed by atoms with van der Waals surface area (Å²) in [7, 11) is 0. The normalized spacial score (nSPS) is 11.5. The maximum Gasteiger partial charge on any atom is 0.416 e. The van der Waals surface area contributed by atoms with Crippen molar-refractivity contribution in [1.29, 1.82) is 0 Å². The Morgan fingerprint density at radius 1 is 1.09 bits per heavy atom. The topological polar surface area (TPSA) is 87.0 Å². The smallest absolute Gasteiger partial charge is 0.416 e. The first-order chi connectivity index (χ1) is 15.4. The first-order valence-corrected chi connectivity index (χ1v) is 10.6. The van der Waals surface area contributed by atoms with Crippen LogP contribution in [0, 0.1) is 11.8 Å². The Balaban J connectivity index is 2.16.